The lowest BCUT2D eigenvalue weighted by molar-refractivity contribution is 0.485. The quantitative estimate of drug-likeness (QED) is 0.775. The van der Waals surface area contributed by atoms with Gasteiger partial charge in [-0.25, -0.2) is 9.97 Å². The molecule has 1 aliphatic heterocycles. The normalized spacial score (nSPS) is 19.2. The average Bonchev–Trinajstić information content (AvgIpc) is 3.17. The van der Waals surface area contributed by atoms with Crippen molar-refractivity contribution >= 4 is 21.4 Å². The van der Waals surface area contributed by atoms with Crippen molar-refractivity contribution in [1.82, 2.24) is 29.8 Å². The average molecular weight is 343 g/mol. The third kappa shape index (κ3) is 2.39. The fourth-order valence-electron chi connectivity index (χ4n) is 3.20. The molecule has 0 amide bonds. The number of hydrogen-bond donors (Lipinski definition) is 1. The molecule has 0 unspecified atom stereocenters. The summed E-state index contributed by atoms with van der Waals surface area (Å²) >= 11 is 1.46. The Morgan fingerprint density at radius 2 is 2.00 bits per heavy atom. The molecule has 2 fully saturated rings. The van der Waals surface area contributed by atoms with E-state index in [0.717, 1.165) is 42.7 Å². The van der Waals surface area contributed by atoms with Gasteiger partial charge in [-0.15, -0.1) is 5.10 Å². The lowest BCUT2D eigenvalue weighted by Gasteiger charge is -2.30. The molecule has 0 spiro atoms. The van der Waals surface area contributed by atoms with E-state index in [-0.39, 0.29) is 5.56 Å². The predicted octanol–water partition coefficient (Wildman–Crippen LogP) is 1.53. The smallest absolute Gasteiger partial charge is 0.275 e. The molecule has 24 heavy (non-hydrogen) atoms. The number of piperidine rings is 1. The summed E-state index contributed by atoms with van der Waals surface area (Å²) in [6.07, 6.45) is 6.00. The summed E-state index contributed by atoms with van der Waals surface area (Å²) < 4.78 is 1.38. The molecule has 3 aromatic heterocycles. The molecule has 2 aliphatic rings. The van der Waals surface area contributed by atoms with E-state index in [1.165, 1.54) is 41.0 Å². The van der Waals surface area contributed by atoms with Crippen molar-refractivity contribution in [3.63, 3.8) is 0 Å². The Bertz CT molecular complexity index is 933. The van der Waals surface area contributed by atoms with Crippen molar-refractivity contribution in [3.05, 3.63) is 34.3 Å². The highest BCUT2D eigenvalue weighted by atomic mass is 32.1. The molecule has 1 N–H and O–H groups in total. The summed E-state index contributed by atoms with van der Waals surface area (Å²) in [7, 11) is 0. The van der Waals surface area contributed by atoms with E-state index in [2.05, 4.69) is 30.2 Å². The van der Waals surface area contributed by atoms with Crippen LogP contribution >= 0.6 is 11.3 Å². The van der Waals surface area contributed by atoms with Gasteiger partial charge in [0.15, 0.2) is 5.82 Å². The van der Waals surface area contributed by atoms with E-state index >= 15 is 0 Å². The van der Waals surface area contributed by atoms with E-state index in [0.29, 0.717) is 16.8 Å². The van der Waals surface area contributed by atoms with E-state index in [4.69, 9.17) is 0 Å². The number of aromatic amines is 1. The molecule has 0 aromatic carbocycles. The first kappa shape index (κ1) is 14.1. The van der Waals surface area contributed by atoms with Crippen LogP contribution in [0.1, 0.15) is 49.2 Å². The summed E-state index contributed by atoms with van der Waals surface area (Å²) in [6, 6.07) is 1.43. The molecule has 0 radical (unpaired) electrons. The van der Waals surface area contributed by atoms with Crippen LogP contribution in [0.3, 0.4) is 0 Å². The number of nitrogens with zero attached hydrogens (tertiary/aromatic N) is 6. The van der Waals surface area contributed by atoms with Crippen LogP contribution in [-0.4, -0.2) is 42.9 Å². The van der Waals surface area contributed by atoms with Gasteiger partial charge in [0.2, 0.25) is 10.1 Å². The monoisotopic (exact) mass is 343 g/mol. The zero-order chi connectivity index (χ0) is 16.1. The van der Waals surface area contributed by atoms with Crippen molar-refractivity contribution in [2.45, 2.75) is 37.5 Å². The first-order chi connectivity index (χ1) is 11.8. The van der Waals surface area contributed by atoms with E-state index in [1.807, 2.05) is 0 Å². The van der Waals surface area contributed by atoms with E-state index < -0.39 is 0 Å². The largest absolute Gasteiger partial charge is 0.347 e. The summed E-state index contributed by atoms with van der Waals surface area (Å²) in [4.78, 5) is 23.6. The predicted molar refractivity (Wildman–Crippen MR) is 89.7 cm³/mol. The first-order valence-electron chi connectivity index (χ1n) is 8.30. The van der Waals surface area contributed by atoms with Crippen LogP contribution in [0, 0.1) is 0 Å². The summed E-state index contributed by atoms with van der Waals surface area (Å²) in [5.41, 5.74) is -0.133. The molecule has 8 nitrogen and oxygen atoms in total. The fraction of sp³-hybridized carbons (Fsp3) is 0.533. The minimum absolute atomic E-state index is 0.133. The maximum atomic E-state index is 11.8. The van der Waals surface area contributed by atoms with Gasteiger partial charge in [0.1, 0.15) is 5.82 Å². The number of anilines is 1. The van der Waals surface area contributed by atoms with Gasteiger partial charge < -0.3 is 4.90 Å². The van der Waals surface area contributed by atoms with Gasteiger partial charge in [-0.3, -0.25) is 9.89 Å². The minimum atomic E-state index is -0.133. The number of fused-ring (bicyclic) bond motifs is 1. The molecule has 124 valence electrons. The Balaban J connectivity index is 1.31. The Kier molecular flexibility index (Phi) is 3.15. The van der Waals surface area contributed by atoms with Gasteiger partial charge in [-0.1, -0.05) is 11.3 Å². The Labute approximate surface area is 141 Å². The lowest BCUT2D eigenvalue weighted by Crippen LogP contribution is -2.33. The Morgan fingerprint density at radius 1 is 1.17 bits per heavy atom. The van der Waals surface area contributed by atoms with Crippen LogP contribution in [0.4, 0.5) is 5.13 Å². The molecule has 1 saturated heterocycles. The zero-order valence-electron chi connectivity index (χ0n) is 13.1. The van der Waals surface area contributed by atoms with Crippen LogP contribution < -0.4 is 10.5 Å². The second kappa shape index (κ2) is 5.37. The number of hydrogen-bond acceptors (Lipinski definition) is 7. The lowest BCUT2D eigenvalue weighted by atomic mass is 9.96. The van der Waals surface area contributed by atoms with Crippen LogP contribution in [0.2, 0.25) is 0 Å². The molecular formula is C15H17N7OS. The molecule has 0 bridgehead atoms. The topological polar surface area (TPSA) is 92.1 Å². The highest BCUT2D eigenvalue weighted by Gasteiger charge is 2.30. The third-order valence-corrected chi connectivity index (χ3v) is 5.76. The molecule has 1 saturated carbocycles. The molecule has 3 aromatic rings. The van der Waals surface area contributed by atoms with Gasteiger partial charge in [-0.05, 0) is 25.7 Å². The van der Waals surface area contributed by atoms with Crippen LogP contribution in [-0.2, 0) is 0 Å². The summed E-state index contributed by atoms with van der Waals surface area (Å²) in [6.45, 7) is 1.80. The van der Waals surface area contributed by atoms with Crippen LogP contribution in [0.25, 0.3) is 4.96 Å². The molecule has 4 heterocycles. The molecule has 9 heteroatoms. The van der Waals surface area contributed by atoms with Gasteiger partial charge in [0.05, 0.1) is 0 Å². The van der Waals surface area contributed by atoms with Crippen LogP contribution in [0.5, 0.6) is 0 Å². The van der Waals surface area contributed by atoms with E-state index in [9.17, 15) is 4.79 Å². The van der Waals surface area contributed by atoms with Gasteiger partial charge >= 0.3 is 0 Å². The first-order valence-corrected chi connectivity index (χ1v) is 9.11. The SMILES string of the molecule is O=c1ccnc2sc(N3CCC(c4nc(C5CC5)n[nH]4)CC3)nn12. The summed E-state index contributed by atoms with van der Waals surface area (Å²) in [5, 5.41) is 12.8. The standard InChI is InChI=1S/C15H17N7OS/c23-11-3-6-16-14-22(11)20-15(24-14)21-7-4-10(5-8-21)13-17-12(18-19-13)9-1-2-9/h3,6,9-10H,1-2,4-5,7-8H2,(H,17,18,19). The molecule has 0 atom stereocenters. The zero-order valence-corrected chi connectivity index (χ0v) is 13.9. The second-order valence-electron chi connectivity index (χ2n) is 6.48. The molecule has 1 aliphatic carbocycles. The van der Waals surface area contributed by atoms with Crippen LogP contribution in [0.15, 0.2) is 17.1 Å². The minimum Gasteiger partial charge on any atom is -0.347 e. The van der Waals surface area contributed by atoms with Crippen molar-refractivity contribution in [2.24, 2.45) is 0 Å². The maximum absolute atomic E-state index is 11.8. The summed E-state index contributed by atoms with van der Waals surface area (Å²) in [5.74, 6) is 3.03. The van der Waals surface area contributed by atoms with Gasteiger partial charge in [0, 0.05) is 37.2 Å². The number of rotatable bonds is 3. The highest BCUT2D eigenvalue weighted by Crippen LogP contribution is 2.39. The van der Waals surface area contributed by atoms with Gasteiger partial charge in [-0.2, -0.15) is 9.61 Å². The third-order valence-electron chi connectivity index (χ3n) is 4.77. The highest BCUT2D eigenvalue weighted by molar-refractivity contribution is 7.20. The second-order valence-corrected chi connectivity index (χ2v) is 7.41. The molecular weight excluding hydrogens is 326 g/mol. The van der Waals surface area contributed by atoms with Crippen molar-refractivity contribution in [1.29, 1.82) is 0 Å². The van der Waals surface area contributed by atoms with Crippen molar-refractivity contribution in [3.8, 4) is 0 Å². The van der Waals surface area contributed by atoms with Gasteiger partial charge in [0.25, 0.3) is 5.56 Å². The van der Waals surface area contributed by atoms with E-state index in [1.54, 1.807) is 0 Å². The Morgan fingerprint density at radius 3 is 2.75 bits per heavy atom. The number of H-pyrrole nitrogens is 1. The maximum Gasteiger partial charge on any atom is 0.275 e. The van der Waals surface area contributed by atoms with Crippen molar-refractivity contribution < 1.29 is 0 Å². The number of nitrogens with one attached hydrogen (secondary N) is 1. The fourth-order valence-corrected chi connectivity index (χ4v) is 4.13. The molecule has 5 rings (SSSR count). The van der Waals surface area contributed by atoms with Crippen molar-refractivity contribution in [2.75, 3.05) is 18.0 Å². The Hall–Kier alpha value is -2.29. The number of aromatic nitrogens is 6.